The predicted molar refractivity (Wildman–Crippen MR) is 114 cm³/mol. The Morgan fingerprint density at radius 1 is 1.11 bits per heavy atom. The van der Waals surface area contributed by atoms with Gasteiger partial charge in [-0.05, 0) is 45.9 Å². The van der Waals surface area contributed by atoms with E-state index in [1.165, 1.54) is 0 Å². The lowest BCUT2D eigenvalue weighted by atomic mass is 10.0. The minimum atomic E-state index is -3.44. The lowest BCUT2D eigenvalue weighted by Crippen LogP contribution is -2.49. The molecule has 0 fully saturated rings. The van der Waals surface area contributed by atoms with Crippen molar-refractivity contribution in [1.29, 1.82) is 0 Å². The van der Waals surface area contributed by atoms with Gasteiger partial charge in [-0.3, -0.25) is 5.73 Å². The largest absolute Gasteiger partial charge is 0.351 e. The molecule has 0 spiro atoms. The first-order valence-corrected chi connectivity index (χ1v) is 10.7. The fourth-order valence-corrected chi connectivity index (χ4v) is 4.33. The van der Waals surface area contributed by atoms with E-state index in [9.17, 15) is 8.42 Å². The first-order chi connectivity index (χ1) is 13.1. The van der Waals surface area contributed by atoms with Gasteiger partial charge in [0.15, 0.2) is 9.84 Å². The fourth-order valence-electron chi connectivity index (χ4n) is 3.13. The number of amidine groups is 1. The van der Waals surface area contributed by atoms with Crippen LogP contribution in [0.3, 0.4) is 0 Å². The van der Waals surface area contributed by atoms with Crippen LogP contribution in [0.1, 0.15) is 30.5 Å². The number of nitrogens with two attached hydrogens (primary N) is 1. The lowest BCUT2D eigenvalue weighted by Gasteiger charge is -2.30. The highest BCUT2D eigenvalue weighted by atomic mass is 32.2. The Labute approximate surface area is 166 Å². The Morgan fingerprint density at radius 3 is 2.39 bits per heavy atom. The molecule has 1 unspecified atom stereocenters. The molecule has 0 radical (unpaired) electrons. The molecule has 6 nitrogen and oxygen atoms in total. The van der Waals surface area contributed by atoms with Crippen LogP contribution < -0.4 is 16.4 Å². The normalized spacial score (nSPS) is 19.3. The minimum Gasteiger partial charge on any atom is -0.351 e. The van der Waals surface area contributed by atoms with Crippen LogP contribution in [0.25, 0.3) is 0 Å². The van der Waals surface area contributed by atoms with Crippen molar-refractivity contribution < 1.29 is 8.42 Å². The minimum absolute atomic E-state index is 0.244. The van der Waals surface area contributed by atoms with Gasteiger partial charge in [-0.2, -0.15) is 0 Å². The van der Waals surface area contributed by atoms with Gasteiger partial charge in [0.1, 0.15) is 5.84 Å². The lowest BCUT2D eigenvalue weighted by molar-refractivity contribution is 0.410. The molecule has 0 aliphatic carbocycles. The molecule has 0 aromatic heterocycles. The standard InChI is InChI=1S/C21H26N4O2S/c1-14(2)28(26,27)19-8-6-5-7-18(19)24-20-9-10-23-21(22,25-20)17-12-15(3)11-16(4)13-17/h5-14,23H,22H2,1-4H3,(H,24,25). The predicted octanol–water partition coefficient (Wildman–Crippen LogP) is 3.18. The summed E-state index contributed by atoms with van der Waals surface area (Å²) in [6, 6.07) is 12.9. The SMILES string of the molecule is Cc1cc(C)cc(C2(N)N=C(Nc3ccccc3S(=O)(=O)C(C)C)C=CN2)c1. The van der Waals surface area contributed by atoms with Gasteiger partial charge in [0.25, 0.3) is 0 Å². The number of nitrogens with zero attached hydrogens (tertiary/aromatic N) is 1. The monoisotopic (exact) mass is 398 g/mol. The third kappa shape index (κ3) is 3.95. The molecule has 148 valence electrons. The number of nitrogens with one attached hydrogen (secondary N) is 2. The Morgan fingerprint density at radius 2 is 1.75 bits per heavy atom. The van der Waals surface area contributed by atoms with E-state index in [-0.39, 0.29) is 4.90 Å². The number of anilines is 1. The molecule has 1 aliphatic rings. The van der Waals surface area contributed by atoms with Crippen LogP contribution in [0.4, 0.5) is 5.69 Å². The van der Waals surface area contributed by atoms with E-state index < -0.39 is 20.9 Å². The topological polar surface area (TPSA) is 96.6 Å². The molecule has 28 heavy (non-hydrogen) atoms. The summed E-state index contributed by atoms with van der Waals surface area (Å²) >= 11 is 0. The van der Waals surface area contributed by atoms with Crippen LogP contribution in [-0.4, -0.2) is 19.5 Å². The van der Waals surface area contributed by atoms with Crippen molar-refractivity contribution in [3.8, 4) is 0 Å². The molecule has 3 rings (SSSR count). The van der Waals surface area contributed by atoms with Crippen molar-refractivity contribution in [2.45, 2.75) is 43.6 Å². The van der Waals surface area contributed by atoms with Gasteiger partial charge >= 0.3 is 0 Å². The van der Waals surface area contributed by atoms with Gasteiger partial charge in [-0.25, -0.2) is 13.4 Å². The first-order valence-electron chi connectivity index (χ1n) is 9.13. The van der Waals surface area contributed by atoms with Crippen LogP contribution >= 0.6 is 0 Å². The number of hydrogen-bond donors (Lipinski definition) is 3. The molecule has 4 N–H and O–H groups in total. The number of para-hydroxylation sites is 1. The third-order valence-electron chi connectivity index (χ3n) is 4.58. The second-order valence-electron chi connectivity index (χ2n) is 7.33. The highest BCUT2D eigenvalue weighted by molar-refractivity contribution is 7.92. The van der Waals surface area contributed by atoms with E-state index in [1.807, 2.05) is 26.0 Å². The van der Waals surface area contributed by atoms with Gasteiger partial charge in [0.05, 0.1) is 15.8 Å². The molecule has 2 aromatic rings. The number of hydrogen-bond acceptors (Lipinski definition) is 6. The van der Waals surface area contributed by atoms with E-state index >= 15 is 0 Å². The average Bonchev–Trinajstić information content (AvgIpc) is 2.61. The van der Waals surface area contributed by atoms with Crippen LogP contribution in [0.15, 0.2) is 64.6 Å². The maximum atomic E-state index is 12.7. The van der Waals surface area contributed by atoms with Gasteiger partial charge in [-0.15, -0.1) is 0 Å². The van der Waals surface area contributed by atoms with Crippen molar-refractivity contribution in [2.75, 3.05) is 5.32 Å². The van der Waals surface area contributed by atoms with Gasteiger partial charge in [-0.1, -0.05) is 41.5 Å². The van der Waals surface area contributed by atoms with Gasteiger partial charge in [0, 0.05) is 11.8 Å². The molecule has 1 heterocycles. The summed E-state index contributed by atoms with van der Waals surface area (Å²) in [6.07, 6.45) is 3.44. The molecule has 0 amide bonds. The number of aryl methyl sites for hydroxylation is 2. The van der Waals surface area contributed by atoms with Crippen LogP contribution in [0, 0.1) is 13.8 Å². The van der Waals surface area contributed by atoms with Crippen molar-refractivity contribution in [1.82, 2.24) is 5.32 Å². The summed E-state index contributed by atoms with van der Waals surface area (Å²) in [6.45, 7) is 7.35. The Balaban J connectivity index is 1.99. The fraction of sp³-hybridized carbons (Fsp3) is 0.286. The average molecular weight is 399 g/mol. The molecule has 0 saturated heterocycles. The van der Waals surface area contributed by atoms with Crippen LogP contribution in [0.5, 0.6) is 0 Å². The molecular formula is C21H26N4O2S. The van der Waals surface area contributed by atoms with E-state index in [0.29, 0.717) is 11.5 Å². The van der Waals surface area contributed by atoms with Crippen molar-refractivity contribution in [3.05, 3.63) is 71.4 Å². The Bertz CT molecular complexity index is 1040. The smallest absolute Gasteiger partial charge is 0.211 e. The molecule has 2 aromatic carbocycles. The van der Waals surface area contributed by atoms with Crippen LogP contribution in [0.2, 0.25) is 0 Å². The second-order valence-corrected chi connectivity index (χ2v) is 9.81. The van der Waals surface area contributed by atoms with E-state index in [0.717, 1.165) is 16.7 Å². The molecular weight excluding hydrogens is 372 g/mol. The summed E-state index contributed by atoms with van der Waals surface area (Å²) in [5, 5.41) is 5.70. The number of sulfone groups is 1. The maximum Gasteiger partial charge on any atom is 0.211 e. The van der Waals surface area contributed by atoms with Crippen molar-refractivity contribution in [3.63, 3.8) is 0 Å². The first kappa shape index (κ1) is 20.1. The number of benzene rings is 2. The Kier molecular flexibility index (Phi) is 5.32. The van der Waals surface area contributed by atoms with Gasteiger partial charge in [0.2, 0.25) is 5.79 Å². The molecule has 0 saturated carbocycles. The second kappa shape index (κ2) is 7.41. The summed E-state index contributed by atoms with van der Waals surface area (Å²) in [4.78, 5) is 4.86. The van der Waals surface area contributed by atoms with E-state index in [4.69, 9.17) is 5.73 Å². The zero-order valence-electron chi connectivity index (χ0n) is 16.5. The number of rotatable bonds is 4. The summed E-state index contributed by atoms with van der Waals surface area (Å²) in [7, 11) is -3.44. The van der Waals surface area contributed by atoms with Crippen molar-refractivity contribution in [2.24, 2.45) is 10.7 Å². The maximum absolute atomic E-state index is 12.7. The highest BCUT2D eigenvalue weighted by Crippen LogP contribution is 2.27. The zero-order chi connectivity index (χ0) is 20.5. The van der Waals surface area contributed by atoms with Gasteiger partial charge < -0.3 is 10.6 Å². The zero-order valence-corrected chi connectivity index (χ0v) is 17.3. The van der Waals surface area contributed by atoms with Crippen molar-refractivity contribution >= 4 is 21.4 Å². The quantitative estimate of drug-likeness (QED) is 0.735. The molecule has 0 bridgehead atoms. The highest BCUT2D eigenvalue weighted by Gasteiger charge is 2.29. The summed E-state index contributed by atoms with van der Waals surface area (Å²) < 4.78 is 25.4. The molecule has 1 aliphatic heterocycles. The summed E-state index contributed by atoms with van der Waals surface area (Å²) in [5.74, 6) is -0.661. The van der Waals surface area contributed by atoms with Crippen LogP contribution in [-0.2, 0) is 15.6 Å². The van der Waals surface area contributed by atoms with E-state index in [1.54, 1.807) is 50.4 Å². The third-order valence-corrected chi connectivity index (χ3v) is 6.79. The molecule has 1 atom stereocenters. The van der Waals surface area contributed by atoms with E-state index in [2.05, 4.69) is 21.7 Å². The number of aliphatic imine (C=N–C) groups is 1. The molecule has 7 heteroatoms. The Hall–Kier alpha value is -2.64. The summed E-state index contributed by atoms with van der Waals surface area (Å²) in [5.41, 5.74) is 10.0.